The number of hydrogen-bond donors (Lipinski definition) is 0. The number of nitrogens with zero attached hydrogens (tertiary/aromatic N) is 1. The van der Waals surface area contributed by atoms with Crippen molar-refractivity contribution in [3.05, 3.63) is 22.7 Å². The maximum absolute atomic E-state index is 12.7. The highest BCUT2D eigenvalue weighted by Gasteiger charge is 2.48. The van der Waals surface area contributed by atoms with Gasteiger partial charge in [0.2, 0.25) is 5.60 Å². The van der Waals surface area contributed by atoms with Crippen LogP contribution in [0.25, 0.3) is 0 Å². The third kappa shape index (κ3) is 2.96. The first-order valence-electron chi connectivity index (χ1n) is 6.70. The highest BCUT2D eigenvalue weighted by Crippen LogP contribution is 2.39. The van der Waals surface area contributed by atoms with E-state index in [1.807, 2.05) is 12.1 Å². The molecule has 0 saturated heterocycles. The van der Waals surface area contributed by atoms with E-state index >= 15 is 0 Å². The van der Waals surface area contributed by atoms with Crippen LogP contribution in [-0.2, 0) is 14.3 Å². The van der Waals surface area contributed by atoms with Crippen molar-refractivity contribution >= 4 is 33.3 Å². The number of ketones is 1. The summed E-state index contributed by atoms with van der Waals surface area (Å²) in [6.07, 6.45) is 0.683. The summed E-state index contributed by atoms with van der Waals surface area (Å²) >= 11 is 3.39. The van der Waals surface area contributed by atoms with Gasteiger partial charge in [0.05, 0.1) is 5.69 Å². The molecule has 0 bridgehead atoms. The van der Waals surface area contributed by atoms with Crippen molar-refractivity contribution in [2.75, 3.05) is 25.2 Å². The van der Waals surface area contributed by atoms with E-state index in [2.05, 4.69) is 15.9 Å². The van der Waals surface area contributed by atoms with E-state index in [9.17, 15) is 9.59 Å². The van der Waals surface area contributed by atoms with Crippen LogP contribution < -0.4 is 9.64 Å². The molecule has 0 spiro atoms. The maximum Gasteiger partial charge on any atom is 0.278 e. The Balaban J connectivity index is 2.42. The van der Waals surface area contributed by atoms with E-state index in [0.29, 0.717) is 31.0 Å². The molecule has 21 heavy (non-hydrogen) atoms. The van der Waals surface area contributed by atoms with Crippen LogP contribution in [0.3, 0.4) is 0 Å². The van der Waals surface area contributed by atoms with Crippen molar-refractivity contribution in [2.24, 2.45) is 0 Å². The minimum atomic E-state index is -1.46. The SMILES string of the molecule is COCCCN1C(=O)C(C)(C(C)=O)Oc2ccc(Br)cc21. The number of Topliss-reactive ketones (excluding diaryl/α,β-unsaturated/α-hetero) is 1. The fourth-order valence-corrected chi connectivity index (χ4v) is 2.58. The first-order valence-corrected chi connectivity index (χ1v) is 7.50. The molecule has 114 valence electrons. The molecule has 1 atom stereocenters. The fraction of sp³-hybridized carbons (Fsp3) is 0.467. The van der Waals surface area contributed by atoms with Crippen molar-refractivity contribution < 1.29 is 19.1 Å². The number of amides is 1. The van der Waals surface area contributed by atoms with Crippen LogP contribution >= 0.6 is 15.9 Å². The quantitative estimate of drug-likeness (QED) is 0.601. The minimum Gasteiger partial charge on any atom is -0.468 e. The largest absolute Gasteiger partial charge is 0.468 e. The van der Waals surface area contributed by atoms with Gasteiger partial charge in [-0.05, 0) is 38.5 Å². The summed E-state index contributed by atoms with van der Waals surface area (Å²) in [5, 5.41) is 0. The molecule has 1 aromatic carbocycles. The first-order chi connectivity index (χ1) is 9.90. The summed E-state index contributed by atoms with van der Waals surface area (Å²) in [6, 6.07) is 5.40. The molecule has 0 saturated carbocycles. The lowest BCUT2D eigenvalue weighted by Gasteiger charge is -2.39. The van der Waals surface area contributed by atoms with Crippen molar-refractivity contribution in [1.29, 1.82) is 0 Å². The van der Waals surface area contributed by atoms with Crippen LogP contribution in [0.4, 0.5) is 5.69 Å². The summed E-state index contributed by atoms with van der Waals surface area (Å²) in [7, 11) is 1.62. The molecule has 0 fully saturated rings. The van der Waals surface area contributed by atoms with Crippen molar-refractivity contribution in [3.63, 3.8) is 0 Å². The molecule has 0 aromatic heterocycles. The zero-order valence-electron chi connectivity index (χ0n) is 12.3. The molecule has 0 N–H and O–H groups in total. The first kappa shape index (κ1) is 16.0. The number of methoxy groups -OCH3 is 1. The Morgan fingerprint density at radius 1 is 1.48 bits per heavy atom. The fourth-order valence-electron chi connectivity index (χ4n) is 2.23. The standard InChI is InChI=1S/C15H18BrNO4/c1-10(18)15(2)14(19)17(7-4-8-20-3)12-9-11(16)5-6-13(12)21-15/h5-6,9H,4,7-8H2,1-3H3. The van der Waals surface area contributed by atoms with Gasteiger partial charge in [-0.15, -0.1) is 0 Å². The molecule has 5 nitrogen and oxygen atoms in total. The van der Waals surface area contributed by atoms with Gasteiger partial charge in [-0.25, -0.2) is 0 Å². The average molecular weight is 356 g/mol. The number of rotatable bonds is 5. The van der Waals surface area contributed by atoms with E-state index in [-0.39, 0.29) is 11.7 Å². The molecule has 1 aromatic rings. The summed E-state index contributed by atoms with van der Waals surface area (Å²) in [5.41, 5.74) is -0.794. The minimum absolute atomic E-state index is 0.308. The Morgan fingerprint density at radius 2 is 2.19 bits per heavy atom. The molecule has 0 radical (unpaired) electrons. The topological polar surface area (TPSA) is 55.8 Å². The lowest BCUT2D eigenvalue weighted by molar-refractivity contribution is -0.145. The van der Waals surface area contributed by atoms with Gasteiger partial charge in [-0.3, -0.25) is 9.59 Å². The lowest BCUT2D eigenvalue weighted by atomic mass is 9.96. The highest BCUT2D eigenvalue weighted by atomic mass is 79.9. The van der Waals surface area contributed by atoms with Gasteiger partial charge in [0.15, 0.2) is 5.78 Å². The van der Waals surface area contributed by atoms with Gasteiger partial charge in [-0.2, -0.15) is 0 Å². The Kier molecular flexibility index (Phi) is 4.68. The number of fused-ring (bicyclic) bond motifs is 1. The van der Waals surface area contributed by atoms with Gasteiger partial charge in [0.25, 0.3) is 5.91 Å². The van der Waals surface area contributed by atoms with Crippen LogP contribution in [0, 0.1) is 0 Å². The highest BCUT2D eigenvalue weighted by molar-refractivity contribution is 9.10. The van der Waals surface area contributed by atoms with Gasteiger partial charge in [0, 0.05) is 24.7 Å². The van der Waals surface area contributed by atoms with E-state index in [1.165, 1.54) is 13.8 Å². The number of benzene rings is 1. The Hall–Kier alpha value is -1.40. The summed E-state index contributed by atoms with van der Waals surface area (Å²) in [5.74, 6) is -0.109. The van der Waals surface area contributed by atoms with Gasteiger partial charge >= 0.3 is 0 Å². The number of carbonyl (C=O) groups excluding carboxylic acids is 2. The molecule has 1 unspecified atom stereocenters. The Labute approximate surface area is 132 Å². The molecule has 1 amide bonds. The van der Waals surface area contributed by atoms with Gasteiger partial charge < -0.3 is 14.4 Å². The maximum atomic E-state index is 12.7. The molecule has 0 aliphatic carbocycles. The number of carbonyl (C=O) groups is 2. The second-order valence-corrected chi connectivity index (χ2v) is 6.02. The average Bonchev–Trinajstić information content (AvgIpc) is 2.44. The molecule has 1 aliphatic heterocycles. The van der Waals surface area contributed by atoms with E-state index in [0.717, 1.165) is 4.47 Å². The molecule has 2 rings (SSSR count). The third-order valence-electron chi connectivity index (χ3n) is 3.58. The molecule has 1 aliphatic rings. The third-order valence-corrected chi connectivity index (χ3v) is 4.07. The van der Waals surface area contributed by atoms with Crippen LogP contribution in [0.5, 0.6) is 5.75 Å². The second-order valence-electron chi connectivity index (χ2n) is 5.11. The number of hydrogen-bond acceptors (Lipinski definition) is 4. The van der Waals surface area contributed by atoms with E-state index in [1.54, 1.807) is 18.1 Å². The summed E-state index contributed by atoms with van der Waals surface area (Å²) in [6.45, 7) is 3.91. The van der Waals surface area contributed by atoms with E-state index < -0.39 is 5.60 Å². The van der Waals surface area contributed by atoms with E-state index in [4.69, 9.17) is 9.47 Å². The van der Waals surface area contributed by atoms with Gasteiger partial charge in [0.1, 0.15) is 5.75 Å². The molecular formula is C15H18BrNO4. The van der Waals surface area contributed by atoms with Gasteiger partial charge in [-0.1, -0.05) is 15.9 Å². The number of anilines is 1. The normalized spacial score (nSPS) is 21.0. The van der Waals surface area contributed by atoms with Crippen LogP contribution in [0.15, 0.2) is 22.7 Å². The van der Waals surface area contributed by atoms with Crippen molar-refractivity contribution in [3.8, 4) is 5.75 Å². The molecular weight excluding hydrogens is 338 g/mol. The van der Waals surface area contributed by atoms with Crippen LogP contribution in [-0.4, -0.2) is 37.6 Å². The Bertz CT molecular complexity index is 575. The lowest BCUT2D eigenvalue weighted by Crippen LogP contribution is -2.58. The van der Waals surface area contributed by atoms with Crippen molar-refractivity contribution in [1.82, 2.24) is 0 Å². The second kappa shape index (κ2) is 6.15. The zero-order valence-corrected chi connectivity index (χ0v) is 13.9. The molecule has 1 heterocycles. The van der Waals surface area contributed by atoms with Crippen LogP contribution in [0.2, 0.25) is 0 Å². The summed E-state index contributed by atoms with van der Waals surface area (Å²) in [4.78, 5) is 26.2. The Morgan fingerprint density at radius 3 is 2.81 bits per heavy atom. The van der Waals surface area contributed by atoms with Crippen LogP contribution in [0.1, 0.15) is 20.3 Å². The number of halogens is 1. The monoisotopic (exact) mass is 355 g/mol. The predicted octanol–water partition coefficient (Wildman–Crippen LogP) is 2.56. The molecule has 6 heteroatoms. The number of ether oxygens (including phenoxy) is 2. The predicted molar refractivity (Wildman–Crippen MR) is 82.7 cm³/mol. The van der Waals surface area contributed by atoms with Crippen molar-refractivity contribution in [2.45, 2.75) is 25.9 Å². The summed E-state index contributed by atoms with van der Waals surface area (Å²) < 4.78 is 11.6. The smallest absolute Gasteiger partial charge is 0.278 e. The zero-order chi connectivity index (χ0) is 15.6.